The number of halogens is 1. The minimum absolute atomic E-state index is 0. The second-order valence-corrected chi connectivity index (χ2v) is 7.73. The average Bonchev–Trinajstić information content (AvgIpc) is 2.86. The van der Waals surface area contributed by atoms with Crippen molar-refractivity contribution in [2.45, 2.75) is 46.3 Å². The predicted octanol–water partition coefficient (Wildman–Crippen LogP) is 3.49. The molecule has 0 saturated carbocycles. The summed E-state index contributed by atoms with van der Waals surface area (Å²) in [6.45, 7) is 14.5. The molecule has 1 unspecified atom stereocenters. The molecule has 138 valence electrons. The number of aryl methyl sites for hydroxylation is 2. The topological polar surface area (TPSA) is 53.7 Å². The predicted molar refractivity (Wildman–Crippen MR) is 114 cm³/mol. The summed E-state index contributed by atoms with van der Waals surface area (Å²) in [5.41, 5.74) is 2.18. The third-order valence-electron chi connectivity index (χ3n) is 4.28. The monoisotopic (exact) mass is 466 g/mol. The van der Waals surface area contributed by atoms with Crippen molar-refractivity contribution in [2.75, 3.05) is 31.9 Å². The van der Waals surface area contributed by atoms with E-state index in [1.54, 1.807) is 0 Å². The van der Waals surface area contributed by atoms with Crippen molar-refractivity contribution in [1.29, 1.82) is 0 Å². The number of hydrogen-bond donors (Lipinski definition) is 1. The zero-order valence-corrected chi connectivity index (χ0v) is 18.6. The highest BCUT2D eigenvalue weighted by Crippen LogP contribution is 2.24. The lowest BCUT2D eigenvalue weighted by Gasteiger charge is -2.36. The van der Waals surface area contributed by atoms with Crippen LogP contribution in [-0.2, 0) is 6.42 Å². The molecule has 1 atom stereocenters. The van der Waals surface area contributed by atoms with Crippen molar-refractivity contribution < 1.29 is 4.52 Å². The molecule has 1 fully saturated rings. The van der Waals surface area contributed by atoms with E-state index in [1.165, 1.54) is 11.3 Å². The molecule has 2 rings (SSSR count). The van der Waals surface area contributed by atoms with E-state index in [1.807, 2.05) is 13.8 Å². The van der Waals surface area contributed by atoms with E-state index in [2.05, 4.69) is 47.9 Å². The van der Waals surface area contributed by atoms with E-state index in [4.69, 9.17) is 9.52 Å². The quantitative estimate of drug-likeness (QED) is 0.409. The fourth-order valence-corrected chi connectivity index (χ4v) is 4.13. The van der Waals surface area contributed by atoms with Gasteiger partial charge >= 0.3 is 0 Å². The highest BCUT2D eigenvalue weighted by molar-refractivity contribution is 14.0. The number of nitrogens with one attached hydrogen (secondary N) is 1. The van der Waals surface area contributed by atoms with Gasteiger partial charge in [0.05, 0.1) is 5.69 Å². The van der Waals surface area contributed by atoms with Crippen LogP contribution in [0.4, 0.5) is 0 Å². The molecule has 1 aliphatic heterocycles. The first kappa shape index (κ1) is 21.6. The highest BCUT2D eigenvalue weighted by Gasteiger charge is 2.24. The Bertz CT molecular complexity index is 513. The summed E-state index contributed by atoms with van der Waals surface area (Å²) in [7, 11) is 0. The summed E-state index contributed by atoms with van der Waals surface area (Å²) >= 11 is 2.09. The minimum atomic E-state index is 0. The smallest absolute Gasteiger partial charge is 0.193 e. The van der Waals surface area contributed by atoms with Crippen LogP contribution >= 0.6 is 35.7 Å². The van der Waals surface area contributed by atoms with Gasteiger partial charge in [-0.1, -0.05) is 19.0 Å². The van der Waals surface area contributed by atoms with Gasteiger partial charge in [-0.3, -0.25) is 4.99 Å². The lowest BCUT2D eigenvalue weighted by Crippen LogP contribution is -2.49. The fourth-order valence-electron chi connectivity index (χ4n) is 2.83. The van der Waals surface area contributed by atoms with Gasteiger partial charge in [0.1, 0.15) is 5.76 Å². The van der Waals surface area contributed by atoms with Gasteiger partial charge in [-0.25, -0.2) is 0 Å². The summed E-state index contributed by atoms with van der Waals surface area (Å²) in [5, 5.41) is 8.16. The Hall–Kier alpha value is -0.440. The van der Waals surface area contributed by atoms with Crippen molar-refractivity contribution in [3.8, 4) is 0 Å². The summed E-state index contributed by atoms with van der Waals surface area (Å²) in [5.74, 6) is 3.84. The van der Waals surface area contributed by atoms with Crippen LogP contribution in [0.3, 0.4) is 0 Å². The summed E-state index contributed by atoms with van der Waals surface area (Å²) in [6, 6.07) is 0. The molecular formula is C17H31IN4OS. The molecule has 0 aromatic carbocycles. The van der Waals surface area contributed by atoms with Gasteiger partial charge in [-0.2, -0.15) is 11.8 Å². The second-order valence-electron chi connectivity index (χ2n) is 6.39. The van der Waals surface area contributed by atoms with Gasteiger partial charge in [0.25, 0.3) is 0 Å². The Morgan fingerprint density at radius 2 is 2.21 bits per heavy atom. The molecule has 2 heterocycles. The molecular weight excluding hydrogens is 435 g/mol. The van der Waals surface area contributed by atoms with Crippen LogP contribution in [0.2, 0.25) is 0 Å². The second kappa shape index (κ2) is 10.5. The molecule has 24 heavy (non-hydrogen) atoms. The van der Waals surface area contributed by atoms with Gasteiger partial charge in [-0.05, 0) is 33.1 Å². The minimum Gasteiger partial charge on any atom is -0.361 e. The molecule has 1 saturated heterocycles. The van der Waals surface area contributed by atoms with Gasteiger partial charge in [0.15, 0.2) is 5.96 Å². The normalized spacial score (nSPS) is 18.7. The van der Waals surface area contributed by atoms with E-state index in [9.17, 15) is 0 Å². The van der Waals surface area contributed by atoms with Gasteiger partial charge < -0.3 is 14.7 Å². The summed E-state index contributed by atoms with van der Waals surface area (Å²) in [4.78, 5) is 7.26. The zero-order valence-electron chi connectivity index (χ0n) is 15.5. The molecule has 5 nitrogen and oxygen atoms in total. The first-order valence-corrected chi connectivity index (χ1v) is 9.64. The van der Waals surface area contributed by atoms with Crippen LogP contribution in [0, 0.1) is 19.8 Å². The van der Waals surface area contributed by atoms with Crippen LogP contribution in [0.25, 0.3) is 0 Å². The number of hydrogen-bond acceptors (Lipinski definition) is 4. The Balaban J connectivity index is 0.00000288. The van der Waals surface area contributed by atoms with E-state index in [-0.39, 0.29) is 24.0 Å². The first-order valence-electron chi connectivity index (χ1n) is 8.59. The van der Waals surface area contributed by atoms with Crippen molar-refractivity contribution in [1.82, 2.24) is 15.4 Å². The third kappa shape index (κ3) is 5.82. The van der Waals surface area contributed by atoms with Crippen LogP contribution in [0.15, 0.2) is 9.52 Å². The van der Waals surface area contributed by atoms with Crippen molar-refractivity contribution in [3.05, 3.63) is 17.0 Å². The number of thioether (sulfide) groups is 1. The van der Waals surface area contributed by atoms with Gasteiger partial charge in [0, 0.05) is 42.7 Å². The van der Waals surface area contributed by atoms with Crippen molar-refractivity contribution in [2.24, 2.45) is 10.9 Å². The number of aliphatic imine (C=N–C) groups is 1. The number of aromatic nitrogens is 1. The molecule has 0 bridgehead atoms. The maximum absolute atomic E-state index is 5.23. The van der Waals surface area contributed by atoms with E-state index in [0.29, 0.717) is 11.2 Å². The number of rotatable bonds is 5. The lowest BCUT2D eigenvalue weighted by atomic mass is 10.1. The van der Waals surface area contributed by atoms with Crippen LogP contribution < -0.4 is 5.32 Å². The first-order chi connectivity index (χ1) is 11.0. The Kier molecular flexibility index (Phi) is 9.48. The Morgan fingerprint density at radius 3 is 2.79 bits per heavy atom. The molecule has 1 aromatic rings. The summed E-state index contributed by atoms with van der Waals surface area (Å²) in [6.07, 6.45) is 0.881. The van der Waals surface area contributed by atoms with Crippen LogP contribution in [0.5, 0.6) is 0 Å². The molecule has 0 amide bonds. The Labute approximate surface area is 167 Å². The molecule has 1 N–H and O–H groups in total. The largest absolute Gasteiger partial charge is 0.361 e. The van der Waals surface area contributed by atoms with Crippen molar-refractivity contribution >= 4 is 41.7 Å². The van der Waals surface area contributed by atoms with E-state index in [0.717, 1.165) is 50.0 Å². The maximum Gasteiger partial charge on any atom is 0.193 e. The molecule has 0 radical (unpaired) electrons. The van der Waals surface area contributed by atoms with Gasteiger partial charge in [-0.15, -0.1) is 24.0 Å². The molecule has 1 aromatic heterocycles. The fraction of sp³-hybridized carbons (Fsp3) is 0.765. The standard InChI is InChI=1S/C17H30N4OS.HI/c1-6-18-17(21-9-10-23-16(11-21)12(2)3)19-8-7-15-13(4)20-22-14(15)5;/h12,16H,6-11H2,1-5H3,(H,18,19);1H. The van der Waals surface area contributed by atoms with E-state index >= 15 is 0 Å². The SMILES string of the molecule is CCNC(=NCCc1c(C)noc1C)N1CCSC(C(C)C)C1.I. The average molecular weight is 466 g/mol. The molecule has 0 spiro atoms. The molecule has 1 aliphatic rings. The Morgan fingerprint density at radius 1 is 1.46 bits per heavy atom. The number of nitrogens with zero attached hydrogens (tertiary/aromatic N) is 3. The van der Waals surface area contributed by atoms with Crippen LogP contribution in [-0.4, -0.2) is 53.2 Å². The number of guanidine groups is 1. The summed E-state index contributed by atoms with van der Waals surface area (Å²) < 4.78 is 5.23. The maximum atomic E-state index is 5.23. The molecule has 7 heteroatoms. The molecule has 0 aliphatic carbocycles. The highest BCUT2D eigenvalue weighted by atomic mass is 127. The van der Waals surface area contributed by atoms with Crippen molar-refractivity contribution in [3.63, 3.8) is 0 Å². The lowest BCUT2D eigenvalue weighted by molar-refractivity contribution is 0.381. The zero-order chi connectivity index (χ0) is 16.8. The third-order valence-corrected chi connectivity index (χ3v) is 5.82. The van der Waals surface area contributed by atoms with Crippen LogP contribution in [0.1, 0.15) is 37.8 Å². The van der Waals surface area contributed by atoms with Gasteiger partial charge in [0.2, 0.25) is 0 Å². The van der Waals surface area contributed by atoms with E-state index < -0.39 is 0 Å².